The standard InChI is InChI=1S/C22H17BrN6.C22H18N6/c1-14-10-17(4-3-9-24)11-15(2)20(14)28-21-19(23)13-26-22(29-21)27-18-7-5-16(12-25)6-8-18;1-15-12-18(4-3-10-23)13-16(2)21(15)27-20-9-11-25-22(28-20)26-19-7-5-17(14-24)6-8-19/h3-8,10-11,13H,1-2H3,(H2,26,27,28,29);3-9,11-13H,1-2H3,(H2,25,26,27,28)/b2*4-3+. The number of aryl methyl sites for hydroxylation is 4. The Morgan fingerprint density at radius 3 is 1.47 bits per heavy atom. The van der Waals surface area contributed by atoms with Gasteiger partial charge in [0, 0.05) is 47.3 Å². The monoisotopic (exact) mass is 810 g/mol. The van der Waals surface area contributed by atoms with Crippen molar-refractivity contribution in [2.24, 2.45) is 0 Å². The molecule has 0 saturated heterocycles. The van der Waals surface area contributed by atoms with E-state index in [0.29, 0.717) is 34.7 Å². The molecule has 0 aliphatic rings. The summed E-state index contributed by atoms with van der Waals surface area (Å²) in [6.07, 6.45) is 9.85. The highest BCUT2D eigenvalue weighted by Crippen LogP contribution is 2.31. The molecule has 0 bridgehead atoms. The Morgan fingerprint density at radius 1 is 0.561 bits per heavy atom. The van der Waals surface area contributed by atoms with Crippen LogP contribution in [-0.2, 0) is 0 Å². The molecule has 2 heterocycles. The van der Waals surface area contributed by atoms with E-state index in [9.17, 15) is 0 Å². The van der Waals surface area contributed by atoms with E-state index in [0.717, 1.165) is 60.6 Å². The minimum atomic E-state index is 0.435. The maximum Gasteiger partial charge on any atom is 0.229 e. The van der Waals surface area contributed by atoms with E-state index in [-0.39, 0.29) is 0 Å². The predicted molar refractivity (Wildman–Crippen MR) is 228 cm³/mol. The largest absolute Gasteiger partial charge is 0.340 e. The molecule has 0 aliphatic carbocycles. The van der Waals surface area contributed by atoms with Crippen molar-refractivity contribution in [2.75, 3.05) is 21.3 Å². The molecular weight excluding hydrogens is 776 g/mol. The zero-order valence-electron chi connectivity index (χ0n) is 31.4. The number of hydrogen-bond acceptors (Lipinski definition) is 12. The van der Waals surface area contributed by atoms with Crippen molar-refractivity contribution in [3.05, 3.63) is 152 Å². The summed E-state index contributed by atoms with van der Waals surface area (Å²) in [5.41, 5.74) is 10.8. The Bertz CT molecular complexity index is 2580. The van der Waals surface area contributed by atoms with Crippen molar-refractivity contribution < 1.29 is 0 Å². The van der Waals surface area contributed by atoms with Crippen LogP contribution >= 0.6 is 15.9 Å². The summed E-state index contributed by atoms with van der Waals surface area (Å²) in [6.45, 7) is 8.03. The Labute approximate surface area is 339 Å². The smallest absolute Gasteiger partial charge is 0.229 e. The lowest BCUT2D eigenvalue weighted by Crippen LogP contribution is -2.03. The fourth-order valence-electron chi connectivity index (χ4n) is 5.61. The number of anilines is 8. The minimum Gasteiger partial charge on any atom is -0.340 e. The van der Waals surface area contributed by atoms with Gasteiger partial charge in [-0.3, -0.25) is 0 Å². The third-order valence-corrected chi connectivity index (χ3v) is 8.83. The van der Waals surface area contributed by atoms with Crippen molar-refractivity contribution in [1.82, 2.24) is 19.9 Å². The second kappa shape index (κ2) is 19.5. The van der Waals surface area contributed by atoms with Gasteiger partial charge in [-0.25, -0.2) is 9.97 Å². The Balaban J connectivity index is 0.000000218. The second-order valence-electron chi connectivity index (χ2n) is 12.5. The number of allylic oxidation sites excluding steroid dienone is 2. The van der Waals surface area contributed by atoms with Gasteiger partial charge in [0.05, 0.1) is 39.9 Å². The van der Waals surface area contributed by atoms with Crippen molar-refractivity contribution in [1.29, 1.82) is 21.0 Å². The molecule has 12 nitrogen and oxygen atoms in total. The average Bonchev–Trinajstić information content (AvgIpc) is 3.21. The summed E-state index contributed by atoms with van der Waals surface area (Å²) in [5.74, 6) is 2.18. The van der Waals surface area contributed by atoms with Crippen LogP contribution < -0.4 is 21.3 Å². The van der Waals surface area contributed by atoms with Gasteiger partial charge in [-0.05, 0) is 168 Å². The van der Waals surface area contributed by atoms with Gasteiger partial charge in [-0.2, -0.15) is 31.0 Å². The van der Waals surface area contributed by atoms with Gasteiger partial charge in [0.2, 0.25) is 11.9 Å². The predicted octanol–water partition coefficient (Wildman–Crippen LogP) is 10.7. The van der Waals surface area contributed by atoms with Crippen molar-refractivity contribution in [3.8, 4) is 24.3 Å². The summed E-state index contributed by atoms with van der Waals surface area (Å²) >= 11 is 3.49. The van der Waals surface area contributed by atoms with Crippen molar-refractivity contribution in [2.45, 2.75) is 27.7 Å². The van der Waals surface area contributed by atoms with Crippen LogP contribution in [0.15, 0.2) is 108 Å². The van der Waals surface area contributed by atoms with Crippen LogP contribution in [-0.4, -0.2) is 19.9 Å². The zero-order chi connectivity index (χ0) is 40.7. The zero-order valence-corrected chi connectivity index (χ0v) is 33.0. The molecule has 2 aromatic heterocycles. The second-order valence-corrected chi connectivity index (χ2v) is 13.4. The number of nitrogens with one attached hydrogen (secondary N) is 4. The van der Waals surface area contributed by atoms with E-state index in [2.05, 4.69) is 69.3 Å². The van der Waals surface area contributed by atoms with Gasteiger partial charge in [0.25, 0.3) is 0 Å². The quantitative estimate of drug-likeness (QED) is 0.0957. The SMILES string of the molecule is Cc1cc(/C=C/C#N)cc(C)c1Nc1ccnc(Nc2ccc(C#N)cc2)n1.Cc1cc(/C=C/C#N)cc(C)c1Nc1nc(Nc2ccc(C#N)cc2)ncc1Br. The van der Waals surface area contributed by atoms with Crippen LogP contribution in [0.1, 0.15) is 44.5 Å². The molecule has 0 fully saturated rings. The Kier molecular flexibility index (Phi) is 13.8. The van der Waals surface area contributed by atoms with E-state index in [4.69, 9.17) is 21.0 Å². The third-order valence-electron chi connectivity index (χ3n) is 8.25. The molecule has 13 heteroatoms. The summed E-state index contributed by atoms with van der Waals surface area (Å²) < 4.78 is 0.732. The number of rotatable bonds is 10. The topological polar surface area (TPSA) is 195 Å². The lowest BCUT2D eigenvalue weighted by atomic mass is 10.0. The van der Waals surface area contributed by atoms with Crippen LogP contribution in [0.3, 0.4) is 0 Å². The molecule has 4 aromatic carbocycles. The van der Waals surface area contributed by atoms with Crippen molar-refractivity contribution >= 4 is 74.4 Å². The maximum atomic E-state index is 8.90. The Hall–Kier alpha value is -7.84. The van der Waals surface area contributed by atoms with E-state index < -0.39 is 0 Å². The first-order valence-electron chi connectivity index (χ1n) is 17.4. The summed E-state index contributed by atoms with van der Waals surface area (Å²) in [5, 5.41) is 48.2. The molecule has 6 rings (SSSR count). The van der Waals surface area contributed by atoms with Gasteiger partial charge >= 0.3 is 0 Å². The lowest BCUT2D eigenvalue weighted by Gasteiger charge is -2.15. The number of aromatic nitrogens is 4. The lowest BCUT2D eigenvalue weighted by molar-refractivity contribution is 1.15. The van der Waals surface area contributed by atoms with Crippen LogP contribution in [0.2, 0.25) is 0 Å². The number of benzene rings is 4. The fraction of sp³-hybridized carbons (Fsp3) is 0.0909. The highest BCUT2D eigenvalue weighted by Gasteiger charge is 2.11. The van der Waals surface area contributed by atoms with Crippen LogP contribution in [0, 0.1) is 73.0 Å². The Morgan fingerprint density at radius 2 is 1.02 bits per heavy atom. The highest BCUT2D eigenvalue weighted by molar-refractivity contribution is 9.10. The summed E-state index contributed by atoms with van der Waals surface area (Å²) in [7, 11) is 0. The average molecular weight is 812 g/mol. The number of nitrogens with zero attached hydrogens (tertiary/aromatic N) is 8. The van der Waals surface area contributed by atoms with Crippen LogP contribution in [0.25, 0.3) is 12.2 Å². The fourth-order valence-corrected chi connectivity index (χ4v) is 5.90. The van der Waals surface area contributed by atoms with E-state index in [1.165, 1.54) is 12.2 Å². The molecule has 0 saturated carbocycles. The molecule has 278 valence electrons. The molecule has 0 amide bonds. The van der Waals surface area contributed by atoms with Crippen LogP contribution in [0.5, 0.6) is 0 Å². The van der Waals surface area contributed by atoms with E-state index >= 15 is 0 Å². The molecule has 0 aliphatic heterocycles. The minimum absolute atomic E-state index is 0.435. The molecule has 0 spiro atoms. The third kappa shape index (κ3) is 11.3. The van der Waals surface area contributed by atoms with Crippen LogP contribution in [0.4, 0.5) is 46.3 Å². The molecule has 0 radical (unpaired) electrons. The summed E-state index contributed by atoms with van der Waals surface area (Å²) in [6, 6.07) is 32.2. The number of halogens is 1. The maximum absolute atomic E-state index is 8.90. The molecule has 0 atom stereocenters. The number of nitriles is 4. The van der Waals surface area contributed by atoms with Gasteiger partial charge < -0.3 is 21.3 Å². The number of hydrogen-bond donors (Lipinski definition) is 4. The normalized spacial score (nSPS) is 10.3. The van der Waals surface area contributed by atoms with E-state index in [1.807, 2.05) is 76.2 Å². The first-order chi connectivity index (χ1) is 27.6. The highest BCUT2D eigenvalue weighted by atomic mass is 79.9. The van der Waals surface area contributed by atoms with Crippen molar-refractivity contribution in [3.63, 3.8) is 0 Å². The summed E-state index contributed by atoms with van der Waals surface area (Å²) in [4.78, 5) is 17.6. The molecule has 0 unspecified atom stereocenters. The molecule has 6 aromatic rings. The molecule has 4 N–H and O–H groups in total. The van der Waals surface area contributed by atoms with Gasteiger partial charge in [0.1, 0.15) is 11.6 Å². The first-order valence-corrected chi connectivity index (χ1v) is 18.2. The first kappa shape index (κ1) is 40.3. The molecular formula is C44H35BrN12. The van der Waals surface area contributed by atoms with Gasteiger partial charge in [0.15, 0.2) is 0 Å². The van der Waals surface area contributed by atoms with Gasteiger partial charge in [-0.15, -0.1) is 0 Å². The van der Waals surface area contributed by atoms with Gasteiger partial charge in [-0.1, -0.05) is 0 Å². The molecule has 57 heavy (non-hydrogen) atoms. The van der Waals surface area contributed by atoms with E-state index in [1.54, 1.807) is 67.0 Å².